The van der Waals surface area contributed by atoms with Gasteiger partial charge < -0.3 is 15.3 Å². The molecule has 1 amide bonds. The normalized spacial score (nSPS) is 27.7. The Morgan fingerprint density at radius 1 is 1.36 bits per heavy atom. The second-order valence-electron chi connectivity index (χ2n) is 4.31. The molecule has 0 saturated heterocycles. The molecule has 0 aromatic heterocycles. The molecule has 0 aliphatic heterocycles. The zero-order chi connectivity index (χ0) is 10.6. The molecule has 1 saturated carbocycles. The van der Waals surface area contributed by atoms with Crippen LogP contribution >= 0.6 is 0 Å². The van der Waals surface area contributed by atoms with E-state index < -0.39 is 0 Å². The van der Waals surface area contributed by atoms with Gasteiger partial charge >= 0.3 is 0 Å². The second-order valence-corrected chi connectivity index (χ2v) is 4.31. The van der Waals surface area contributed by atoms with Crippen LogP contribution in [0.15, 0.2) is 0 Å². The van der Waals surface area contributed by atoms with Gasteiger partial charge in [-0.15, -0.1) is 0 Å². The Bertz CT molecular complexity index is 187. The van der Waals surface area contributed by atoms with Crippen LogP contribution in [0.25, 0.3) is 0 Å². The molecule has 0 bridgehead atoms. The third kappa shape index (κ3) is 4.07. The van der Waals surface area contributed by atoms with E-state index in [0.29, 0.717) is 6.54 Å². The maximum absolute atomic E-state index is 11.4. The third-order valence-corrected chi connectivity index (χ3v) is 2.52. The van der Waals surface area contributed by atoms with Crippen LogP contribution in [0.3, 0.4) is 0 Å². The first-order chi connectivity index (χ1) is 6.58. The molecule has 0 aromatic carbocycles. The Morgan fingerprint density at radius 2 is 1.93 bits per heavy atom. The summed E-state index contributed by atoms with van der Waals surface area (Å²) in [5, 5.41) is 12.3. The summed E-state index contributed by atoms with van der Waals surface area (Å²) in [7, 11) is 3.76. The number of likely N-dealkylation sites (N-methyl/N-ethyl adjacent to an activating group) is 1. The van der Waals surface area contributed by atoms with Crippen molar-refractivity contribution in [3.05, 3.63) is 0 Å². The summed E-state index contributed by atoms with van der Waals surface area (Å²) in [5.74, 6) is 0.0800. The average Bonchev–Trinajstić information content (AvgIpc) is 2.07. The lowest BCUT2D eigenvalue weighted by Crippen LogP contribution is -2.42. The van der Waals surface area contributed by atoms with Gasteiger partial charge in [0.15, 0.2) is 0 Å². The molecule has 1 fully saturated rings. The number of carbonyl (C=O) groups excluding carboxylic acids is 1. The molecule has 1 aliphatic rings. The predicted molar refractivity (Wildman–Crippen MR) is 55.0 cm³/mol. The quantitative estimate of drug-likeness (QED) is 0.672. The number of rotatable bonds is 3. The summed E-state index contributed by atoms with van der Waals surface area (Å²) in [6.45, 7) is 0.444. The minimum Gasteiger partial charge on any atom is -0.393 e. The van der Waals surface area contributed by atoms with Crippen molar-refractivity contribution >= 4 is 5.91 Å². The van der Waals surface area contributed by atoms with Crippen molar-refractivity contribution in [2.75, 3.05) is 20.6 Å². The summed E-state index contributed by atoms with van der Waals surface area (Å²) in [5.41, 5.74) is 0. The van der Waals surface area contributed by atoms with Crippen LogP contribution in [0.5, 0.6) is 0 Å². The number of nitrogens with one attached hydrogen (secondary N) is 1. The van der Waals surface area contributed by atoms with Crippen LogP contribution in [0.4, 0.5) is 0 Å². The Hall–Kier alpha value is -0.610. The van der Waals surface area contributed by atoms with Gasteiger partial charge in [0.2, 0.25) is 5.91 Å². The number of hydrogen-bond acceptors (Lipinski definition) is 3. The van der Waals surface area contributed by atoms with Crippen molar-refractivity contribution in [3.8, 4) is 0 Å². The highest BCUT2D eigenvalue weighted by Gasteiger charge is 2.20. The number of nitrogens with zero attached hydrogens (tertiary/aromatic N) is 1. The van der Waals surface area contributed by atoms with E-state index in [1.165, 1.54) is 0 Å². The van der Waals surface area contributed by atoms with Gasteiger partial charge in [0, 0.05) is 6.04 Å². The monoisotopic (exact) mass is 200 g/mol. The molecule has 82 valence electrons. The Kier molecular flexibility index (Phi) is 4.35. The van der Waals surface area contributed by atoms with Crippen molar-refractivity contribution < 1.29 is 9.90 Å². The van der Waals surface area contributed by atoms with Gasteiger partial charge in [-0.1, -0.05) is 0 Å². The van der Waals surface area contributed by atoms with Crippen molar-refractivity contribution in [2.24, 2.45) is 0 Å². The topological polar surface area (TPSA) is 52.6 Å². The van der Waals surface area contributed by atoms with Crippen LogP contribution < -0.4 is 5.32 Å². The summed E-state index contributed by atoms with van der Waals surface area (Å²) in [6, 6.07) is 0.269. The smallest absolute Gasteiger partial charge is 0.234 e. The fraction of sp³-hybridized carbons (Fsp3) is 0.900. The molecule has 0 radical (unpaired) electrons. The summed E-state index contributed by atoms with van der Waals surface area (Å²) < 4.78 is 0. The van der Waals surface area contributed by atoms with Gasteiger partial charge in [-0.05, 0) is 39.8 Å². The molecule has 0 spiro atoms. The van der Waals surface area contributed by atoms with E-state index in [9.17, 15) is 9.90 Å². The van der Waals surface area contributed by atoms with Crippen LogP contribution in [0.2, 0.25) is 0 Å². The number of amides is 1. The van der Waals surface area contributed by atoms with Gasteiger partial charge in [0.05, 0.1) is 12.6 Å². The van der Waals surface area contributed by atoms with Crippen molar-refractivity contribution in [3.63, 3.8) is 0 Å². The van der Waals surface area contributed by atoms with E-state index in [-0.39, 0.29) is 18.1 Å². The lowest BCUT2D eigenvalue weighted by molar-refractivity contribution is -0.122. The fourth-order valence-corrected chi connectivity index (χ4v) is 1.78. The molecule has 0 heterocycles. The van der Waals surface area contributed by atoms with Gasteiger partial charge in [-0.3, -0.25) is 4.79 Å². The maximum Gasteiger partial charge on any atom is 0.234 e. The fourth-order valence-electron chi connectivity index (χ4n) is 1.78. The van der Waals surface area contributed by atoms with Crippen LogP contribution in [-0.4, -0.2) is 48.7 Å². The zero-order valence-corrected chi connectivity index (χ0v) is 8.99. The van der Waals surface area contributed by atoms with Gasteiger partial charge in [-0.2, -0.15) is 0 Å². The van der Waals surface area contributed by atoms with E-state index in [0.717, 1.165) is 25.7 Å². The molecule has 0 unspecified atom stereocenters. The maximum atomic E-state index is 11.4. The first kappa shape index (κ1) is 11.5. The van der Waals surface area contributed by atoms with Crippen molar-refractivity contribution in [1.82, 2.24) is 10.2 Å². The third-order valence-electron chi connectivity index (χ3n) is 2.52. The van der Waals surface area contributed by atoms with E-state index in [1.54, 1.807) is 0 Å². The molecule has 2 N–H and O–H groups in total. The summed E-state index contributed by atoms with van der Waals surface area (Å²) in [6.07, 6.45) is 3.28. The second kappa shape index (κ2) is 5.32. The van der Waals surface area contributed by atoms with E-state index >= 15 is 0 Å². The summed E-state index contributed by atoms with van der Waals surface area (Å²) >= 11 is 0. The minimum atomic E-state index is -0.156. The zero-order valence-electron chi connectivity index (χ0n) is 8.99. The molecule has 0 aromatic rings. The summed E-state index contributed by atoms with van der Waals surface area (Å²) in [4.78, 5) is 13.2. The van der Waals surface area contributed by atoms with Gasteiger partial charge in [0.25, 0.3) is 0 Å². The van der Waals surface area contributed by atoms with Crippen LogP contribution in [0, 0.1) is 0 Å². The lowest BCUT2D eigenvalue weighted by atomic mass is 9.93. The molecule has 1 rings (SSSR count). The lowest BCUT2D eigenvalue weighted by Gasteiger charge is -2.26. The van der Waals surface area contributed by atoms with Gasteiger partial charge in [-0.25, -0.2) is 0 Å². The van der Waals surface area contributed by atoms with Crippen molar-refractivity contribution in [1.29, 1.82) is 0 Å². The molecule has 0 atom stereocenters. The van der Waals surface area contributed by atoms with E-state index in [2.05, 4.69) is 5.32 Å². The number of carbonyl (C=O) groups is 1. The molecule has 14 heavy (non-hydrogen) atoms. The molecule has 4 nitrogen and oxygen atoms in total. The molecular formula is C10H20N2O2. The first-order valence-electron chi connectivity index (χ1n) is 5.20. The van der Waals surface area contributed by atoms with Crippen molar-refractivity contribution in [2.45, 2.75) is 37.8 Å². The largest absolute Gasteiger partial charge is 0.393 e. The standard InChI is InChI=1S/C10H20N2O2/c1-12(2)7-10(14)11-8-3-5-9(13)6-4-8/h8-9,13H,3-7H2,1-2H3,(H,11,14). The Morgan fingerprint density at radius 3 is 2.43 bits per heavy atom. The number of aliphatic hydroxyl groups is 1. The molecule has 1 aliphatic carbocycles. The average molecular weight is 200 g/mol. The van der Waals surface area contributed by atoms with Crippen LogP contribution in [0.1, 0.15) is 25.7 Å². The Balaban J connectivity index is 2.20. The first-order valence-corrected chi connectivity index (χ1v) is 5.20. The SMILES string of the molecule is CN(C)CC(=O)NC1CCC(O)CC1. The molecule has 4 heteroatoms. The molecular weight excluding hydrogens is 180 g/mol. The number of aliphatic hydroxyl groups excluding tert-OH is 1. The predicted octanol–water partition coefficient (Wildman–Crippen LogP) is -0.0323. The number of hydrogen-bond donors (Lipinski definition) is 2. The van der Waals surface area contributed by atoms with Crippen LogP contribution in [-0.2, 0) is 4.79 Å². The van der Waals surface area contributed by atoms with Gasteiger partial charge in [0.1, 0.15) is 0 Å². The van der Waals surface area contributed by atoms with E-state index in [4.69, 9.17) is 0 Å². The highest BCUT2D eigenvalue weighted by molar-refractivity contribution is 5.78. The highest BCUT2D eigenvalue weighted by Crippen LogP contribution is 2.17. The minimum absolute atomic E-state index is 0.0800. The highest BCUT2D eigenvalue weighted by atomic mass is 16.3. The Labute approximate surface area is 85.3 Å². The van der Waals surface area contributed by atoms with E-state index in [1.807, 2.05) is 19.0 Å².